The fourth-order valence-corrected chi connectivity index (χ4v) is 3.30. The van der Waals surface area contributed by atoms with Crippen molar-refractivity contribution in [1.82, 2.24) is 5.32 Å². The summed E-state index contributed by atoms with van der Waals surface area (Å²) in [5.74, 6) is -0.791. The van der Waals surface area contributed by atoms with Crippen LogP contribution in [0.2, 0.25) is 0 Å². The van der Waals surface area contributed by atoms with Crippen molar-refractivity contribution in [3.63, 3.8) is 0 Å². The van der Waals surface area contributed by atoms with Crippen molar-refractivity contribution in [2.75, 3.05) is 31.4 Å². The molecule has 1 saturated heterocycles. The summed E-state index contributed by atoms with van der Waals surface area (Å²) in [6, 6.07) is 12.5. The molecular formula is C22H27N4O4+. The van der Waals surface area contributed by atoms with Crippen molar-refractivity contribution in [3.8, 4) is 0 Å². The number of carbonyl (C=O) groups excluding carboxylic acids is 2. The molecule has 8 nitrogen and oxygen atoms in total. The van der Waals surface area contributed by atoms with E-state index in [1.54, 1.807) is 30.3 Å². The number of hydrogen-bond donors (Lipinski definition) is 4. The highest BCUT2D eigenvalue weighted by atomic mass is 16.5. The summed E-state index contributed by atoms with van der Waals surface area (Å²) < 4.78 is 10.6. The molecule has 1 atom stereocenters. The summed E-state index contributed by atoms with van der Waals surface area (Å²) in [5.41, 5.74) is 3.11. The van der Waals surface area contributed by atoms with E-state index in [0.29, 0.717) is 29.1 Å². The number of amides is 1. The van der Waals surface area contributed by atoms with E-state index in [-0.39, 0.29) is 17.8 Å². The molecule has 1 heterocycles. The molecule has 1 aliphatic heterocycles. The molecule has 0 aromatic heterocycles. The quantitative estimate of drug-likeness (QED) is 0.405. The lowest BCUT2D eigenvalue weighted by Gasteiger charge is -2.25. The summed E-state index contributed by atoms with van der Waals surface area (Å²) in [4.78, 5) is 24.1. The van der Waals surface area contributed by atoms with Gasteiger partial charge in [0.05, 0.1) is 29.6 Å². The van der Waals surface area contributed by atoms with Gasteiger partial charge in [0.1, 0.15) is 6.23 Å². The summed E-state index contributed by atoms with van der Waals surface area (Å²) in [6.45, 7) is 0.687. The zero-order valence-corrected chi connectivity index (χ0v) is 17.2. The van der Waals surface area contributed by atoms with Gasteiger partial charge in [0, 0.05) is 19.3 Å². The zero-order chi connectivity index (χ0) is 21.5. The van der Waals surface area contributed by atoms with E-state index in [0.717, 1.165) is 24.9 Å². The van der Waals surface area contributed by atoms with Crippen LogP contribution < -0.4 is 21.4 Å². The second-order valence-electron chi connectivity index (χ2n) is 6.91. The van der Waals surface area contributed by atoms with E-state index >= 15 is 0 Å². The van der Waals surface area contributed by atoms with Gasteiger partial charge in [0.2, 0.25) is 0 Å². The first-order valence-corrected chi connectivity index (χ1v) is 9.85. The second-order valence-corrected chi connectivity index (χ2v) is 6.91. The third-order valence-electron chi connectivity index (χ3n) is 4.89. The summed E-state index contributed by atoms with van der Waals surface area (Å²) >= 11 is 0. The summed E-state index contributed by atoms with van der Waals surface area (Å²) in [7, 11) is 2.88. The molecule has 0 saturated carbocycles. The van der Waals surface area contributed by atoms with Crippen LogP contribution in [0.5, 0.6) is 0 Å². The van der Waals surface area contributed by atoms with Gasteiger partial charge in [-0.05, 0) is 49.6 Å². The average Bonchev–Trinajstić information content (AvgIpc) is 2.79. The highest BCUT2D eigenvalue weighted by molar-refractivity contribution is 6.43. The van der Waals surface area contributed by atoms with Gasteiger partial charge in [0.15, 0.2) is 0 Å². The fraction of sp³-hybridized carbons (Fsp3) is 0.318. The molecule has 8 heteroatoms. The van der Waals surface area contributed by atoms with Crippen molar-refractivity contribution < 1.29 is 24.5 Å². The highest BCUT2D eigenvalue weighted by Crippen LogP contribution is 2.28. The van der Waals surface area contributed by atoms with Gasteiger partial charge in [-0.25, -0.2) is 10.2 Å². The van der Waals surface area contributed by atoms with E-state index in [1.165, 1.54) is 14.2 Å². The third-order valence-corrected chi connectivity index (χ3v) is 4.89. The number of ether oxygens (including phenoxy) is 2. The van der Waals surface area contributed by atoms with Crippen LogP contribution in [0.1, 0.15) is 35.2 Å². The van der Waals surface area contributed by atoms with Crippen molar-refractivity contribution >= 4 is 34.7 Å². The molecule has 2 aromatic carbocycles. The number of carbonyl (C=O) groups is 2. The molecule has 1 amide bonds. The SMILES string of the molecule is CNC(=O)C(=[NH2+])c1ccc(Nc2ccccc2C(=O)OC)cc1NC1CCCCO1. The molecule has 3 rings (SSSR count). The molecule has 1 fully saturated rings. The maximum Gasteiger partial charge on any atom is 0.339 e. The lowest BCUT2D eigenvalue weighted by Crippen LogP contribution is -2.49. The minimum absolute atomic E-state index is 0.109. The van der Waals surface area contributed by atoms with Crippen molar-refractivity contribution in [1.29, 1.82) is 0 Å². The Bertz CT molecular complexity index is 938. The molecule has 1 aliphatic rings. The van der Waals surface area contributed by atoms with Gasteiger partial charge in [-0.3, -0.25) is 4.79 Å². The van der Waals surface area contributed by atoms with Crippen LogP contribution in [-0.4, -0.2) is 44.6 Å². The van der Waals surface area contributed by atoms with E-state index in [4.69, 9.17) is 14.9 Å². The Morgan fingerprint density at radius 2 is 1.90 bits per heavy atom. The molecule has 158 valence electrons. The van der Waals surface area contributed by atoms with Gasteiger partial charge < -0.3 is 25.4 Å². The Morgan fingerprint density at radius 3 is 2.60 bits per heavy atom. The normalized spacial score (nSPS) is 15.7. The molecule has 0 spiro atoms. The van der Waals surface area contributed by atoms with Gasteiger partial charge >= 0.3 is 11.9 Å². The maximum absolute atomic E-state index is 12.1. The molecule has 1 unspecified atom stereocenters. The predicted molar refractivity (Wildman–Crippen MR) is 115 cm³/mol. The monoisotopic (exact) mass is 411 g/mol. The second kappa shape index (κ2) is 9.89. The maximum atomic E-state index is 12.1. The molecular weight excluding hydrogens is 384 g/mol. The van der Waals surface area contributed by atoms with E-state index in [2.05, 4.69) is 16.0 Å². The van der Waals surface area contributed by atoms with Gasteiger partial charge in [0.25, 0.3) is 5.71 Å². The van der Waals surface area contributed by atoms with Gasteiger partial charge in [-0.15, -0.1) is 0 Å². The number of benzene rings is 2. The van der Waals surface area contributed by atoms with Crippen LogP contribution in [0.25, 0.3) is 0 Å². The minimum atomic E-state index is -0.430. The molecule has 2 aromatic rings. The topological polar surface area (TPSA) is 114 Å². The molecule has 0 aliphatic carbocycles. The summed E-state index contributed by atoms with van der Waals surface area (Å²) in [5, 5.41) is 15.2. The van der Waals surface area contributed by atoms with Crippen LogP contribution in [0.15, 0.2) is 42.5 Å². The van der Waals surface area contributed by atoms with Crippen LogP contribution in [0.4, 0.5) is 17.1 Å². The third kappa shape index (κ3) is 4.96. The van der Waals surface area contributed by atoms with Gasteiger partial charge in [-0.1, -0.05) is 12.1 Å². The molecule has 0 radical (unpaired) electrons. The summed E-state index contributed by atoms with van der Waals surface area (Å²) in [6.07, 6.45) is 2.80. The Morgan fingerprint density at radius 1 is 1.10 bits per heavy atom. The lowest BCUT2D eigenvalue weighted by molar-refractivity contribution is -0.135. The number of anilines is 3. The lowest BCUT2D eigenvalue weighted by atomic mass is 10.0. The first-order chi connectivity index (χ1) is 14.5. The number of esters is 1. The molecule has 5 N–H and O–H groups in total. The standard InChI is InChI=1S/C22H26N4O4/c1-24-21(27)20(23)15-11-10-14(13-18(15)26-19-9-5-6-12-30-19)25-17-8-4-3-7-16(17)22(28)29-2/h3-4,7-8,10-11,13,19,23,25-26H,5-6,9,12H2,1-2H3,(H,24,27)/p+1. The van der Waals surface area contributed by atoms with E-state index in [9.17, 15) is 9.59 Å². The van der Waals surface area contributed by atoms with Gasteiger partial charge in [-0.2, -0.15) is 0 Å². The van der Waals surface area contributed by atoms with Crippen molar-refractivity contribution in [2.45, 2.75) is 25.5 Å². The Hall–Kier alpha value is -3.39. The zero-order valence-electron chi connectivity index (χ0n) is 17.2. The number of nitrogens with one attached hydrogen (secondary N) is 3. The van der Waals surface area contributed by atoms with Crippen LogP contribution in [-0.2, 0) is 14.3 Å². The number of methoxy groups -OCH3 is 1. The Balaban J connectivity index is 1.93. The predicted octanol–water partition coefficient (Wildman–Crippen LogP) is 1.45. The number of hydrogen-bond acceptors (Lipinski definition) is 6. The van der Waals surface area contributed by atoms with Crippen molar-refractivity contribution in [2.24, 2.45) is 0 Å². The Kier molecular flexibility index (Phi) is 7.03. The van der Waals surface area contributed by atoms with E-state index in [1.807, 2.05) is 12.1 Å². The first-order valence-electron chi connectivity index (χ1n) is 9.85. The molecule has 30 heavy (non-hydrogen) atoms. The Labute approximate surface area is 175 Å². The average molecular weight is 411 g/mol. The van der Waals surface area contributed by atoms with Crippen LogP contribution in [0, 0.1) is 0 Å². The van der Waals surface area contributed by atoms with Crippen LogP contribution in [0.3, 0.4) is 0 Å². The number of nitrogens with two attached hydrogens (primary N) is 1. The number of rotatable bonds is 7. The number of likely N-dealkylation sites (N-methyl/N-ethyl adjacent to an activating group) is 1. The van der Waals surface area contributed by atoms with Crippen molar-refractivity contribution in [3.05, 3.63) is 53.6 Å². The largest absolute Gasteiger partial charge is 0.465 e. The fourth-order valence-electron chi connectivity index (χ4n) is 3.30. The van der Waals surface area contributed by atoms with E-state index < -0.39 is 5.97 Å². The smallest absolute Gasteiger partial charge is 0.339 e. The number of para-hydroxylation sites is 1. The van der Waals surface area contributed by atoms with Crippen LogP contribution >= 0.6 is 0 Å². The minimum Gasteiger partial charge on any atom is -0.465 e. The highest BCUT2D eigenvalue weighted by Gasteiger charge is 2.23. The molecule has 0 bridgehead atoms. The first kappa shape index (κ1) is 21.3.